The topological polar surface area (TPSA) is 98.2 Å². The Morgan fingerprint density at radius 3 is 2.50 bits per heavy atom. The van der Waals surface area contributed by atoms with Gasteiger partial charge in [0.2, 0.25) is 0 Å². The maximum absolute atomic E-state index is 13.5. The fraction of sp³-hybridized carbons (Fsp3) is 0.241. The fourth-order valence-electron chi connectivity index (χ4n) is 5.19. The lowest BCUT2D eigenvalue weighted by Gasteiger charge is -2.34. The van der Waals surface area contributed by atoms with Crippen LogP contribution in [0.25, 0.3) is 10.9 Å². The van der Waals surface area contributed by atoms with Gasteiger partial charge >= 0.3 is 0 Å². The van der Waals surface area contributed by atoms with Crippen molar-refractivity contribution >= 4 is 10.9 Å². The number of nitrogens with one attached hydrogen (secondary N) is 1. The zero-order valence-electron chi connectivity index (χ0n) is 21.3. The number of fused-ring (bicyclic) bond motifs is 2. The number of hydrogen-bond donors (Lipinski definition) is 1. The highest BCUT2D eigenvalue weighted by molar-refractivity contribution is 5.80. The van der Waals surface area contributed by atoms with Crippen LogP contribution in [0.4, 0.5) is 0 Å². The minimum atomic E-state index is -0.448. The van der Waals surface area contributed by atoms with Crippen molar-refractivity contribution in [2.45, 2.75) is 25.6 Å². The van der Waals surface area contributed by atoms with E-state index in [1.165, 1.54) is 11.1 Å². The Morgan fingerprint density at radius 2 is 1.71 bits per heavy atom. The molecule has 192 valence electrons. The zero-order chi connectivity index (χ0) is 26.1. The van der Waals surface area contributed by atoms with Crippen LogP contribution >= 0.6 is 0 Å². The first-order valence-corrected chi connectivity index (χ1v) is 12.5. The third kappa shape index (κ3) is 4.52. The SMILES string of the molecule is COc1ccc(Cn2nnnc2[C@H](c2cc3cc(OC)ccc3[nH]c2=O)N2CCc3ccccc3C2)cc1. The number of aromatic amines is 1. The summed E-state index contributed by atoms with van der Waals surface area (Å²) in [5.41, 5.74) is 4.79. The zero-order valence-corrected chi connectivity index (χ0v) is 21.3. The minimum Gasteiger partial charge on any atom is -0.497 e. The van der Waals surface area contributed by atoms with E-state index in [4.69, 9.17) is 9.47 Å². The summed E-state index contributed by atoms with van der Waals surface area (Å²) in [7, 11) is 3.28. The van der Waals surface area contributed by atoms with Crippen molar-refractivity contribution in [3.63, 3.8) is 0 Å². The highest BCUT2D eigenvalue weighted by Gasteiger charge is 2.32. The molecule has 0 radical (unpaired) electrons. The van der Waals surface area contributed by atoms with Crippen LogP contribution in [0, 0.1) is 0 Å². The molecule has 0 fully saturated rings. The number of tetrazole rings is 1. The third-order valence-corrected chi connectivity index (χ3v) is 7.20. The molecular weight excluding hydrogens is 480 g/mol. The van der Waals surface area contributed by atoms with Crippen LogP contribution in [0.3, 0.4) is 0 Å². The largest absolute Gasteiger partial charge is 0.497 e. The molecule has 2 aromatic heterocycles. The van der Waals surface area contributed by atoms with Crippen molar-refractivity contribution in [2.24, 2.45) is 0 Å². The Morgan fingerprint density at radius 1 is 0.947 bits per heavy atom. The number of H-pyrrole nitrogens is 1. The van der Waals surface area contributed by atoms with Crippen molar-refractivity contribution in [2.75, 3.05) is 20.8 Å². The van der Waals surface area contributed by atoms with Gasteiger partial charge in [-0.2, -0.15) is 0 Å². The molecule has 3 heterocycles. The lowest BCUT2D eigenvalue weighted by molar-refractivity contribution is 0.194. The molecule has 38 heavy (non-hydrogen) atoms. The summed E-state index contributed by atoms with van der Waals surface area (Å²) < 4.78 is 12.5. The Bertz CT molecular complexity index is 1640. The smallest absolute Gasteiger partial charge is 0.253 e. The molecule has 0 aliphatic carbocycles. The Labute approximate surface area is 219 Å². The number of ether oxygens (including phenoxy) is 2. The van der Waals surface area contributed by atoms with Crippen molar-refractivity contribution in [1.29, 1.82) is 0 Å². The number of benzene rings is 3. The maximum atomic E-state index is 13.5. The standard InChI is InChI=1S/C29H28N6O3/c1-37-23-9-7-19(8-10-23)17-35-28(31-32-33-35)27(34-14-13-20-5-3-4-6-21(20)18-34)25-16-22-15-24(38-2)11-12-26(22)30-29(25)36/h3-12,15-16,27H,13-14,17-18H2,1-2H3,(H,30,36)/t27-/m0/s1. The van der Waals surface area contributed by atoms with Gasteiger partial charge in [0.15, 0.2) is 5.82 Å². The monoisotopic (exact) mass is 508 g/mol. The molecule has 0 amide bonds. The molecule has 1 aliphatic rings. The number of methoxy groups -OCH3 is 2. The lowest BCUT2D eigenvalue weighted by atomic mass is 9.96. The molecule has 0 spiro atoms. The van der Waals surface area contributed by atoms with Gasteiger partial charge < -0.3 is 14.5 Å². The molecule has 9 heteroatoms. The van der Waals surface area contributed by atoms with Gasteiger partial charge in [-0.15, -0.1) is 5.10 Å². The fourth-order valence-corrected chi connectivity index (χ4v) is 5.19. The normalized spacial score (nSPS) is 14.3. The number of rotatable bonds is 7. The number of nitrogens with zero attached hydrogens (tertiary/aromatic N) is 5. The van der Waals surface area contributed by atoms with Gasteiger partial charge in [-0.25, -0.2) is 4.68 Å². The van der Waals surface area contributed by atoms with Crippen LogP contribution in [-0.2, 0) is 19.5 Å². The molecule has 0 saturated heterocycles. The van der Waals surface area contributed by atoms with E-state index in [2.05, 4.69) is 49.7 Å². The van der Waals surface area contributed by atoms with Gasteiger partial charge in [0.25, 0.3) is 5.56 Å². The molecule has 1 aliphatic heterocycles. The summed E-state index contributed by atoms with van der Waals surface area (Å²) in [6, 6.07) is 23.4. The van der Waals surface area contributed by atoms with Gasteiger partial charge in [0, 0.05) is 29.6 Å². The van der Waals surface area contributed by atoms with Crippen LogP contribution in [0.2, 0.25) is 0 Å². The maximum Gasteiger partial charge on any atom is 0.253 e. The summed E-state index contributed by atoms with van der Waals surface area (Å²) in [4.78, 5) is 18.9. The van der Waals surface area contributed by atoms with Crippen molar-refractivity contribution in [3.8, 4) is 11.5 Å². The molecule has 0 saturated carbocycles. The molecule has 6 rings (SSSR count). The average molecular weight is 509 g/mol. The first kappa shape index (κ1) is 23.9. The van der Waals surface area contributed by atoms with Crippen LogP contribution in [0.15, 0.2) is 77.6 Å². The Kier molecular flexibility index (Phi) is 6.35. The second-order valence-corrected chi connectivity index (χ2v) is 9.44. The van der Waals surface area contributed by atoms with Gasteiger partial charge in [0.1, 0.15) is 17.5 Å². The van der Waals surface area contributed by atoms with Crippen molar-refractivity contribution < 1.29 is 9.47 Å². The number of hydrogen-bond acceptors (Lipinski definition) is 7. The summed E-state index contributed by atoms with van der Waals surface area (Å²) in [5, 5.41) is 13.7. The molecule has 1 atom stereocenters. The van der Waals surface area contributed by atoms with E-state index >= 15 is 0 Å². The molecule has 1 N–H and O–H groups in total. The first-order valence-electron chi connectivity index (χ1n) is 12.5. The Balaban J connectivity index is 1.46. The predicted octanol–water partition coefficient (Wildman–Crippen LogP) is 3.73. The highest BCUT2D eigenvalue weighted by atomic mass is 16.5. The summed E-state index contributed by atoms with van der Waals surface area (Å²) in [6.07, 6.45) is 0.881. The van der Waals surface area contributed by atoms with E-state index in [0.29, 0.717) is 24.5 Å². The molecule has 5 aromatic rings. The van der Waals surface area contributed by atoms with E-state index in [9.17, 15) is 4.79 Å². The van der Waals surface area contributed by atoms with Gasteiger partial charge in [-0.1, -0.05) is 36.4 Å². The number of aromatic nitrogens is 5. The van der Waals surface area contributed by atoms with Crippen LogP contribution < -0.4 is 15.0 Å². The van der Waals surface area contributed by atoms with E-state index in [-0.39, 0.29) is 5.56 Å². The van der Waals surface area contributed by atoms with E-state index < -0.39 is 6.04 Å². The molecule has 9 nitrogen and oxygen atoms in total. The van der Waals surface area contributed by atoms with Crippen LogP contribution in [-0.4, -0.2) is 50.9 Å². The van der Waals surface area contributed by atoms with Crippen molar-refractivity contribution in [3.05, 3.63) is 111 Å². The molecule has 0 unspecified atom stereocenters. The van der Waals surface area contributed by atoms with Gasteiger partial charge in [-0.05, 0) is 69.9 Å². The summed E-state index contributed by atoms with van der Waals surface area (Å²) >= 11 is 0. The van der Waals surface area contributed by atoms with Gasteiger partial charge in [0.05, 0.1) is 20.8 Å². The van der Waals surface area contributed by atoms with E-state index in [0.717, 1.165) is 40.9 Å². The first-order chi connectivity index (χ1) is 18.6. The van der Waals surface area contributed by atoms with E-state index in [1.54, 1.807) is 18.9 Å². The second-order valence-electron chi connectivity index (χ2n) is 9.44. The number of pyridine rings is 1. The molecule has 3 aromatic carbocycles. The third-order valence-electron chi connectivity index (χ3n) is 7.20. The minimum absolute atomic E-state index is 0.162. The molecule has 0 bridgehead atoms. The quantitative estimate of drug-likeness (QED) is 0.358. The van der Waals surface area contributed by atoms with Gasteiger partial charge in [-0.3, -0.25) is 9.69 Å². The summed E-state index contributed by atoms with van der Waals surface area (Å²) in [5.74, 6) is 2.13. The molecular formula is C29H28N6O3. The second kappa shape index (κ2) is 10.1. The van der Waals surface area contributed by atoms with Crippen LogP contribution in [0.5, 0.6) is 11.5 Å². The summed E-state index contributed by atoms with van der Waals surface area (Å²) in [6.45, 7) is 1.92. The highest BCUT2D eigenvalue weighted by Crippen LogP contribution is 2.32. The Hall–Kier alpha value is -4.50. The predicted molar refractivity (Wildman–Crippen MR) is 143 cm³/mol. The average Bonchev–Trinajstić information content (AvgIpc) is 3.41. The van der Waals surface area contributed by atoms with E-state index in [1.807, 2.05) is 48.5 Å². The van der Waals surface area contributed by atoms with Crippen LogP contribution in [0.1, 0.15) is 34.1 Å². The lowest BCUT2D eigenvalue weighted by Crippen LogP contribution is -2.38. The van der Waals surface area contributed by atoms with Crippen molar-refractivity contribution in [1.82, 2.24) is 30.1 Å².